The molecule has 0 aliphatic heterocycles. The number of ketones is 1. The molecule has 0 amide bonds. The van der Waals surface area contributed by atoms with Crippen LogP contribution < -0.4 is 0 Å². The predicted octanol–water partition coefficient (Wildman–Crippen LogP) is 4.83. The molecule has 0 radical (unpaired) electrons. The molecule has 0 N–H and O–H groups in total. The fourth-order valence-electron chi connectivity index (χ4n) is 1.45. The second-order valence-corrected chi connectivity index (χ2v) is 5.49. The van der Waals surface area contributed by atoms with Crippen LogP contribution in [0.15, 0.2) is 23.1 Å². The van der Waals surface area contributed by atoms with Gasteiger partial charge in [0.15, 0.2) is 5.78 Å². The Kier molecular flexibility index (Phi) is 5.72. The molecule has 0 unspecified atom stereocenters. The van der Waals surface area contributed by atoms with Gasteiger partial charge in [-0.3, -0.25) is 4.79 Å². The largest absolute Gasteiger partial charge is 0.446 e. The van der Waals surface area contributed by atoms with Gasteiger partial charge in [0.1, 0.15) is 0 Å². The third-order valence-corrected chi connectivity index (χ3v) is 3.50. The van der Waals surface area contributed by atoms with Crippen LogP contribution in [0.5, 0.6) is 0 Å². The van der Waals surface area contributed by atoms with Crippen LogP contribution in [0.3, 0.4) is 0 Å². The quantitative estimate of drug-likeness (QED) is 0.434. The lowest BCUT2D eigenvalue weighted by Crippen LogP contribution is -2.06. The van der Waals surface area contributed by atoms with Crippen molar-refractivity contribution in [2.75, 3.05) is 5.33 Å². The summed E-state index contributed by atoms with van der Waals surface area (Å²) in [4.78, 5) is 11.8. The second kappa shape index (κ2) is 6.61. The molecule has 1 nitrogen and oxygen atoms in total. The van der Waals surface area contributed by atoms with Crippen molar-refractivity contribution in [2.24, 2.45) is 0 Å². The molecule has 0 saturated heterocycles. The fraction of sp³-hybridized carbons (Fsp3) is 0.417. The van der Waals surface area contributed by atoms with E-state index < -0.39 is 5.51 Å². The standard InChI is InChI=1S/C12H12BrF3OS/c1-2-8-3-4-11(18-12(14,15)16)9(7-8)10(17)5-6-13/h3-4,7H,2,5-6H2,1H3. The van der Waals surface area contributed by atoms with E-state index in [1.165, 1.54) is 6.07 Å². The van der Waals surface area contributed by atoms with Gasteiger partial charge in [0.25, 0.3) is 0 Å². The van der Waals surface area contributed by atoms with Crippen molar-refractivity contribution in [1.82, 2.24) is 0 Å². The fourth-order valence-corrected chi connectivity index (χ4v) is 2.48. The van der Waals surface area contributed by atoms with Crippen molar-refractivity contribution in [3.05, 3.63) is 29.3 Å². The Balaban J connectivity index is 3.12. The maximum Gasteiger partial charge on any atom is 0.446 e. The van der Waals surface area contributed by atoms with Crippen molar-refractivity contribution in [2.45, 2.75) is 30.2 Å². The molecule has 0 heterocycles. The first-order valence-electron chi connectivity index (χ1n) is 5.35. The lowest BCUT2D eigenvalue weighted by atomic mass is 10.0. The molecule has 0 aliphatic rings. The Labute approximate surface area is 116 Å². The Hall–Kier alpha value is -0.490. The van der Waals surface area contributed by atoms with Gasteiger partial charge in [0, 0.05) is 22.2 Å². The van der Waals surface area contributed by atoms with Gasteiger partial charge in [-0.2, -0.15) is 13.2 Å². The number of carbonyl (C=O) groups excluding carboxylic acids is 1. The van der Waals surface area contributed by atoms with Crippen LogP contribution in [0.4, 0.5) is 13.2 Å². The van der Waals surface area contributed by atoms with Crippen LogP contribution >= 0.6 is 27.7 Å². The molecular formula is C12H12BrF3OS. The molecule has 0 atom stereocenters. The summed E-state index contributed by atoms with van der Waals surface area (Å²) < 4.78 is 37.2. The monoisotopic (exact) mass is 340 g/mol. The van der Waals surface area contributed by atoms with Crippen LogP contribution in [-0.4, -0.2) is 16.6 Å². The first-order valence-corrected chi connectivity index (χ1v) is 7.29. The smallest absolute Gasteiger partial charge is 0.294 e. The number of benzene rings is 1. The molecule has 0 aromatic heterocycles. The van der Waals surface area contributed by atoms with E-state index >= 15 is 0 Å². The summed E-state index contributed by atoms with van der Waals surface area (Å²) in [7, 11) is 0. The number of aryl methyl sites for hydroxylation is 1. The molecule has 18 heavy (non-hydrogen) atoms. The lowest BCUT2D eigenvalue weighted by molar-refractivity contribution is -0.0328. The molecule has 1 aromatic rings. The summed E-state index contributed by atoms with van der Waals surface area (Å²) in [5.74, 6) is -0.270. The van der Waals surface area contributed by atoms with Crippen LogP contribution in [0.25, 0.3) is 0 Å². The van der Waals surface area contributed by atoms with Crippen LogP contribution in [0.1, 0.15) is 29.3 Å². The summed E-state index contributed by atoms with van der Waals surface area (Å²) in [6, 6.07) is 4.55. The lowest BCUT2D eigenvalue weighted by Gasteiger charge is -2.11. The highest BCUT2D eigenvalue weighted by Crippen LogP contribution is 2.39. The number of halogens is 4. The van der Waals surface area contributed by atoms with Crippen molar-refractivity contribution in [3.63, 3.8) is 0 Å². The third-order valence-electron chi connectivity index (χ3n) is 2.30. The van der Waals surface area contributed by atoms with E-state index in [0.717, 1.165) is 5.56 Å². The van der Waals surface area contributed by atoms with Gasteiger partial charge in [-0.1, -0.05) is 28.9 Å². The number of carbonyl (C=O) groups is 1. The highest BCUT2D eigenvalue weighted by atomic mass is 79.9. The van der Waals surface area contributed by atoms with Gasteiger partial charge in [-0.25, -0.2) is 0 Å². The Morgan fingerprint density at radius 3 is 2.56 bits per heavy atom. The van der Waals surface area contributed by atoms with Crippen molar-refractivity contribution >= 4 is 33.5 Å². The SMILES string of the molecule is CCc1ccc(SC(F)(F)F)c(C(=O)CCBr)c1. The number of rotatable bonds is 5. The topological polar surface area (TPSA) is 17.1 Å². The molecule has 0 saturated carbocycles. The first kappa shape index (κ1) is 15.6. The highest BCUT2D eigenvalue weighted by Gasteiger charge is 2.31. The first-order chi connectivity index (χ1) is 8.37. The van der Waals surface area contributed by atoms with E-state index in [4.69, 9.17) is 0 Å². The predicted molar refractivity (Wildman–Crippen MR) is 70.5 cm³/mol. The zero-order valence-corrected chi connectivity index (χ0v) is 12.1. The van der Waals surface area contributed by atoms with E-state index in [1.807, 2.05) is 6.92 Å². The van der Waals surface area contributed by atoms with E-state index in [-0.39, 0.29) is 34.4 Å². The van der Waals surface area contributed by atoms with Gasteiger partial charge >= 0.3 is 5.51 Å². The maximum absolute atomic E-state index is 12.4. The van der Waals surface area contributed by atoms with Gasteiger partial charge in [-0.15, -0.1) is 0 Å². The Bertz CT molecular complexity index is 432. The van der Waals surface area contributed by atoms with E-state index in [2.05, 4.69) is 15.9 Å². The minimum absolute atomic E-state index is 0.0225. The second-order valence-electron chi connectivity index (χ2n) is 3.59. The number of hydrogen-bond donors (Lipinski definition) is 0. The average molecular weight is 341 g/mol. The van der Waals surface area contributed by atoms with Crippen LogP contribution in [0.2, 0.25) is 0 Å². The van der Waals surface area contributed by atoms with Crippen molar-refractivity contribution < 1.29 is 18.0 Å². The summed E-state index contributed by atoms with van der Waals surface area (Å²) in [5, 5.41) is 0.443. The van der Waals surface area contributed by atoms with Gasteiger partial charge in [0.2, 0.25) is 0 Å². The molecule has 6 heteroatoms. The zero-order chi connectivity index (χ0) is 13.8. The summed E-state index contributed by atoms with van der Waals surface area (Å²) in [6.45, 7) is 1.89. The molecule has 0 fully saturated rings. The molecule has 100 valence electrons. The van der Waals surface area contributed by atoms with E-state index in [0.29, 0.717) is 11.8 Å². The minimum atomic E-state index is -4.38. The maximum atomic E-state index is 12.4. The van der Waals surface area contributed by atoms with Crippen molar-refractivity contribution in [3.8, 4) is 0 Å². The summed E-state index contributed by atoms with van der Waals surface area (Å²) in [5.41, 5.74) is -3.35. The van der Waals surface area contributed by atoms with Gasteiger partial charge in [0.05, 0.1) is 0 Å². The number of thioether (sulfide) groups is 1. The molecule has 0 bridgehead atoms. The molecule has 1 rings (SSSR count). The van der Waals surface area contributed by atoms with Gasteiger partial charge < -0.3 is 0 Å². The summed E-state index contributed by atoms with van der Waals surface area (Å²) in [6.07, 6.45) is 0.879. The van der Waals surface area contributed by atoms with Crippen LogP contribution in [-0.2, 0) is 6.42 Å². The van der Waals surface area contributed by atoms with Gasteiger partial charge in [-0.05, 0) is 35.9 Å². The minimum Gasteiger partial charge on any atom is -0.294 e. The van der Waals surface area contributed by atoms with E-state index in [9.17, 15) is 18.0 Å². The zero-order valence-electron chi connectivity index (χ0n) is 9.68. The third kappa shape index (κ3) is 4.65. The molecule has 1 aromatic carbocycles. The number of hydrogen-bond acceptors (Lipinski definition) is 2. The van der Waals surface area contributed by atoms with Crippen LogP contribution in [0, 0.1) is 0 Å². The highest BCUT2D eigenvalue weighted by molar-refractivity contribution is 9.09. The van der Waals surface area contributed by atoms with Crippen molar-refractivity contribution in [1.29, 1.82) is 0 Å². The summed E-state index contributed by atoms with van der Waals surface area (Å²) >= 11 is 2.88. The number of alkyl halides is 4. The molecular weight excluding hydrogens is 329 g/mol. The number of Topliss-reactive ketones (excluding diaryl/α,β-unsaturated/α-hetero) is 1. The molecule has 0 aliphatic carbocycles. The average Bonchev–Trinajstić information content (AvgIpc) is 2.27. The van der Waals surface area contributed by atoms with E-state index in [1.54, 1.807) is 12.1 Å². The Morgan fingerprint density at radius 2 is 2.06 bits per heavy atom. The normalized spacial score (nSPS) is 11.6. The molecule has 0 spiro atoms. The Morgan fingerprint density at radius 1 is 1.39 bits per heavy atom.